The third-order valence-electron chi connectivity index (χ3n) is 2.57. The molecule has 0 saturated carbocycles. The van der Waals surface area contributed by atoms with Gasteiger partial charge in [-0.05, 0) is 6.07 Å². The fraction of sp³-hybridized carbons (Fsp3) is 0. The van der Waals surface area contributed by atoms with E-state index in [-0.39, 0.29) is 16.3 Å². The normalized spacial score (nSPS) is 11.0. The lowest BCUT2D eigenvalue weighted by molar-refractivity contribution is -0.384. The molecule has 1 N–H and O–H groups in total. The van der Waals surface area contributed by atoms with Crippen molar-refractivity contribution in [2.45, 2.75) is 0 Å². The summed E-state index contributed by atoms with van der Waals surface area (Å²) >= 11 is 5.78. The molecule has 0 amide bonds. The van der Waals surface area contributed by atoms with Crippen LogP contribution in [-0.4, -0.2) is 16.1 Å². The highest BCUT2D eigenvalue weighted by Crippen LogP contribution is 2.23. The van der Waals surface area contributed by atoms with Gasteiger partial charge in [0.15, 0.2) is 0 Å². The van der Waals surface area contributed by atoms with Crippen LogP contribution in [0.3, 0.4) is 0 Å². The summed E-state index contributed by atoms with van der Waals surface area (Å²) < 4.78 is 52.4. The summed E-state index contributed by atoms with van der Waals surface area (Å²) in [6, 6.07) is 3.40. The fourth-order valence-electron chi connectivity index (χ4n) is 1.50. The Labute approximate surface area is 130 Å². The molecule has 0 saturated heterocycles. The van der Waals surface area contributed by atoms with Crippen molar-refractivity contribution in [1.29, 1.82) is 0 Å². The summed E-state index contributed by atoms with van der Waals surface area (Å²) in [5.74, 6) is -7.25. The Hall–Kier alpha value is -2.75. The van der Waals surface area contributed by atoms with Crippen LogP contribution in [0.2, 0.25) is 5.02 Å². The molecule has 0 aliphatic heterocycles. The van der Waals surface area contributed by atoms with Crippen molar-refractivity contribution in [3.05, 3.63) is 62.4 Å². The second-order valence-electron chi connectivity index (χ2n) is 4.03. The van der Waals surface area contributed by atoms with Gasteiger partial charge in [0.05, 0.1) is 11.1 Å². The van der Waals surface area contributed by atoms with Crippen LogP contribution in [0.25, 0.3) is 0 Å². The Balaban J connectivity index is 2.30. The number of rotatable bonds is 4. The lowest BCUT2D eigenvalue weighted by Gasteiger charge is -2.05. The smallest absolute Gasteiger partial charge is 0.270 e. The highest BCUT2D eigenvalue weighted by atomic mass is 35.5. The maximum absolute atomic E-state index is 13.3. The molecule has 23 heavy (non-hydrogen) atoms. The topological polar surface area (TPSA) is 80.4 Å². The molecule has 120 valence electrons. The first-order valence-corrected chi connectivity index (χ1v) is 6.12. The van der Waals surface area contributed by atoms with Crippen molar-refractivity contribution in [1.82, 2.24) is 4.98 Å². The average Bonchev–Trinajstić information content (AvgIpc) is 2.50. The van der Waals surface area contributed by atoms with Crippen molar-refractivity contribution < 1.29 is 22.5 Å². The molecular weight excluding hydrogens is 344 g/mol. The largest absolute Gasteiger partial charge is 0.272 e. The van der Waals surface area contributed by atoms with Gasteiger partial charge in [-0.15, -0.1) is 0 Å². The number of anilines is 1. The number of hydrazone groups is 1. The molecule has 2 rings (SSSR count). The van der Waals surface area contributed by atoms with E-state index in [0.29, 0.717) is 0 Å². The van der Waals surface area contributed by atoms with Gasteiger partial charge in [0.25, 0.3) is 17.6 Å². The lowest BCUT2D eigenvalue weighted by Crippen LogP contribution is -2.06. The van der Waals surface area contributed by atoms with E-state index in [0.717, 1.165) is 18.3 Å². The van der Waals surface area contributed by atoms with Crippen LogP contribution in [0.1, 0.15) is 5.56 Å². The average molecular weight is 349 g/mol. The van der Waals surface area contributed by atoms with E-state index in [2.05, 4.69) is 10.1 Å². The predicted molar refractivity (Wildman–Crippen MR) is 73.4 cm³/mol. The SMILES string of the molecule is O=[N+]([O-])c1ccc(Cl)c(/C=N\Nc2c(F)c(F)nc(F)c2F)c1. The van der Waals surface area contributed by atoms with E-state index >= 15 is 0 Å². The van der Waals surface area contributed by atoms with E-state index in [9.17, 15) is 27.7 Å². The number of halogens is 5. The highest BCUT2D eigenvalue weighted by Gasteiger charge is 2.20. The van der Waals surface area contributed by atoms with Crippen LogP contribution >= 0.6 is 11.6 Å². The minimum Gasteiger partial charge on any atom is -0.272 e. The third kappa shape index (κ3) is 3.54. The molecule has 6 nitrogen and oxygen atoms in total. The Morgan fingerprint density at radius 3 is 2.39 bits per heavy atom. The zero-order chi connectivity index (χ0) is 17.1. The maximum atomic E-state index is 13.3. The Morgan fingerprint density at radius 2 is 1.83 bits per heavy atom. The maximum Gasteiger partial charge on any atom is 0.270 e. The molecule has 0 bridgehead atoms. The number of aromatic nitrogens is 1. The Bertz CT molecular complexity index is 790. The summed E-state index contributed by atoms with van der Waals surface area (Å²) in [5, 5.41) is 14.1. The Morgan fingerprint density at radius 1 is 1.22 bits per heavy atom. The zero-order valence-electron chi connectivity index (χ0n) is 10.9. The molecule has 1 aromatic heterocycles. The minimum atomic E-state index is -1.85. The van der Waals surface area contributed by atoms with Crippen molar-refractivity contribution in [2.24, 2.45) is 5.10 Å². The second kappa shape index (κ2) is 6.57. The van der Waals surface area contributed by atoms with Crippen LogP contribution < -0.4 is 5.43 Å². The summed E-state index contributed by atoms with van der Waals surface area (Å²) in [6.07, 6.45) is 0.893. The molecule has 1 heterocycles. The van der Waals surface area contributed by atoms with E-state index < -0.39 is 34.1 Å². The van der Waals surface area contributed by atoms with Gasteiger partial charge in [-0.3, -0.25) is 15.5 Å². The molecule has 11 heteroatoms. The first-order chi connectivity index (χ1) is 10.8. The summed E-state index contributed by atoms with van der Waals surface area (Å²) in [7, 11) is 0. The molecule has 0 fully saturated rings. The number of hydrogen-bond donors (Lipinski definition) is 1. The van der Waals surface area contributed by atoms with E-state index in [1.807, 2.05) is 0 Å². The monoisotopic (exact) mass is 348 g/mol. The van der Waals surface area contributed by atoms with Crippen LogP contribution in [0.4, 0.5) is 28.9 Å². The van der Waals surface area contributed by atoms with Gasteiger partial charge in [-0.2, -0.15) is 27.6 Å². The molecule has 2 aromatic rings. The summed E-state index contributed by atoms with van der Waals surface area (Å²) in [5.41, 5.74) is 0.306. The van der Waals surface area contributed by atoms with E-state index in [1.165, 1.54) is 6.07 Å². The van der Waals surface area contributed by atoms with Gasteiger partial charge < -0.3 is 0 Å². The first kappa shape index (κ1) is 16.6. The fourth-order valence-corrected chi connectivity index (χ4v) is 1.66. The van der Waals surface area contributed by atoms with Crippen molar-refractivity contribution >= 4 is 29.2 Å². The first-order valence-electron chi connectivity index (χ1n) is 5.74. The molecule has 1 aromatic carbocycles. The molecule has 0 spiro atoms. The van der Waals surface area contributed by atoms with Gasteiger partial charge in [0.1, 0.15) is 5.69 Å². The summed E-state index contributed by atoms with van der Waals surface area (Å²) in [6.45, 7) is 0. The molecule has 0 aliphatic carbocycles. The van der Waals surface area contributed by atoms with Gasteiger partial charge >= 0.3 is 0 Å². The quantitative estimate of drug-likeness (QED) is 0.301. The molecular formula is C12H5ClF4N4O2. The number of nitrogens with one attached hydrogen (secondary N) is 1. The van der Waals surface area contributed by atoms with Crippen LogP contribution in [0, 0.1) is 33.6 Å². The number of nitrogens with zero attached hydrogens (tertiary/aromatic N) is 3. The predicted octanol–water partition coefficient (Wildman–Crippen LogP) is 3.65. The minimum absolute atomic E-state index is 0.0455. The van der Waals surface area contributed by atoms with E-state index in [4.69, 9.17) is 11.6 Å². The van der Waals surface area contributed by atoms with E-state index in [1.54, 1.807) is 5.43 Å². The number of non-ortho nitro benzene ring substituents is 1. The van der Waals surface area contributed by atoms with Gasteiger partial charge in [0.2, 0.25) is 11.6 Å². The number of nitro benzene ring substituents is 1. The molecule has 0 unspecified atom stereocenters. The standard InChI is InChI=1S/C12H5ClF4N4O2/c13-7-2-1-6(21(22)23)3-5(7)4-18-20-10-8(14)11(16)19-12(17)9(10)15/h1-4H,(H,19,20)/b18-4-. The van der Waals surface area contributed by atoms with Crippen LogP contribution in [0.5, 0.6) is 0 Å². The number of hydrogen-bond acceptors (Lipinski definition) is 5. The van der Waals surface area contributed by atoms with Gasteiger partial charge in [0, 0.05) is 22.7 Å². The molecule has 0 radical (unpaired) electrons. The number of benzene rings is 1. The third-order valence-corrected chi connectivity index (χ3v) is 2.91. The number of nitro groups is 1. The lowest BCUT2D eigenvalue weighted by atomic mass is 10.2. The van der Waals surface area contributed by atoms with Crippen molar-refractivity contribution in [3.63, 3.8) is 0 Å². The second-order valence-corrected chi connectivity index (χ2v) is 4.44. The molecule has 0 aliphatic rings. The number of pyridine rings is 1. The van der Waals surface area contributed by atoms with Crippen molar-refractivity contribution in [2.75, 3.05) is 5.43 Å². The zero-order valence-corrected chi connectivity index (χ0v) is 11.6. The Kier molecular flexibility index (Phi) is 4.74. The van der Waals surface area contributed by atoms with Crippen molar-refractivity contribution in [3.8, 4) is 0 Å². The van der Waals surface area contributed by atoms with Crippen LogP contribution in [0.15, 0.2) is 23.3 Å². The van der Waals surface area contributed by atoms with Gasteiger partial charge in [-0.25, -0.2) is 0 Å². The van der Waals surface area contributed by atoms with Crippen LogP contribution in [-0.2, 0) is 0 Å². The summed E-state index contributed by atoms with van der Waals surface area (Å²) in [4.78, 5) is 12.3. The highest BCUT2D eigenvalue weighted by molar-refractivity contribution is 6.33. The molecule has 0 atom stereocenters. The van der Waals surface area contributed by atoms with Gasteiger partial charge in [-0.1, -0.05) is 11.6 Å².